The van der Waals surface area contributed by atoms with Crippen molar-refractivity contribution >= 4 is 11.7 Å². The predicted octanol–water partition coefficient (Wildman–Crippen LogP) is 2.53. The third kappa shape index (κ3) is 3.37. The largest absolute Gasteiger partial charge is 0.352 e. The van der Waals surface area contributed by atoms with Crippen LogP contribution in [0.4, 0.5) is 10.2 Å². The van der Waals surface area contributed by atoms with Gasteiger partial charge in [0.15, 0.2) is 11.6 Å². The van der Waals surface area contributed by atoms with Crippen LogP contribution in [0.2, 0.25) is 0 Å². The lowest BCUT2D eigenvalue weighted by Gasteiger charge is -2.23. The summed E-state index contributed by atoms with van der Waals surface area (Å²) in [6.07, 6.45) is 2.73. The Morgan fingerprint density at radius 1 is 1.12 bits per heavy atom. The second kappa shape index (κ2) is 7.38. The summed E-state index contributed by atoms with van der Waals surface area (Å²) in [5, 5.41) is 0. The monoisotopic (exact) mass is 328 g/mol. The van der Waals surface area contributed by atoms with Gasteiger partial charge in [-0.05, 0) is 25.0 Å². The van der Waals surface area contributed by atoms with Gasteiger partial charge >= 0.3 is 0 Å². The number of anilines is 1. The van der Waals surface area contributed by atoms with Gasteiger partial charge in [0.2, 0.25) is 0 Å². The van der Waals surface area contributed by atoms with Crippen LogP contribution in [0.3, 0.4) is 0 Å². The van der Waals surface area contributed by atoms with Crippen molar-refractivity contribution < 1.29 is 9.18 Å². The van der Waals surface area contributed by atoms with Crippen molar-refractivity contribution in [3.8, 4) is 0 Å². The second-order valence-electron chi connectivity index (χ2n) is 5.81. The van der Waals surface area contributed by atoms with Crippen LogP contribution in [0.5, 0.6) is 0 Å². The van der Waals surface area contributed by atoms with E-state index in [4.69, 9.17) is 0 Å². The van der Waals surface area contributed by atoms with Crippen molar-refractivity contribution in [3.63, 3.8) is 0 Å². The van der Waals surface area contributed by atoms with Gasteiger partial charge in [0.25, 0.3) is 5.91 Å². The van der Waals surface area contributed by atoms with E-state index in [-0.39, 0.29) is 11.7 Å². The highest BCUT2D eigenvalue weighted by molar-refractivity contribution is 5.94. The molecule has 1 aliphatic heterocycles. The molecule has 126 valence electrons. The Kier molecular flexibility index (Phi) is 5.03. The van der Waals surface area contributed by atoms with Gasteiger partial charge in [0.1, 0.15) is 6.33 Å². The first-order valence-corrected chi connectivity index (χ1v) is 8.29. The summed E-state index contributed by atoms with van der Waals surface area (Å²) in [5.41, 5.74) is 1.12. The summed E-state index contributed by atoms with van der Waals surface area (Å²) >= 11 is 0. The molecule has 0 bridgehead atoms. The van der Waals surface area contributed by atoms with E-state index >= 15 is 0 Å². The number of nitrogens with zero attached hydrogens (tertiary/aromatic N) is 4. The number of aryl methyl sites for hydroxylation is 1. The smallest absolute Gasteiger partial charge is 0.253 e. The summed E-state index contributed by atoms with van der Waals surface area (Å²) in [4.78, 5) is 24.4. The highest BCUT2D eigenvalue weighted by Crippen LogP contribution is 2.20. The van der Waals surface area contributed by atoms with E-state index in [9.17, 15) is 9.18 Å². The van der Waals surface area contributed by atoms with E-state index in [2.05, 4.69) is 9.97 Å². The molecule has 2 aromatic rings. The summed E-state index contributed by atoms with van der Waals surface area (Å²) in [6, 6.07) is 9.26. The molecular weight excluding hydrogens is 307 g/mol. The van der Waals surface area contributed by atoms with E-state index in [1.54, 1.807) is 0 Å². The molecule has 1 aromatic carbocycles. The minimum Gasteiger partial charge on any atom is -0.352 e. The SMILES string of the molecule is CCc1ncnc(N2CCCN(C(=O)c3ccccc3)CC2)c1F. The van der Waals surface area contributed by atoms with Crippen LogP contribution in [0, 0.1) is 5.82 Å². The zero-order valence-electron chi connectivity index (χ0n) is 13.8. The lowest BCUT2D eigenvalue weighted by Crippen LogP contribution is -2.35. The average molecular weight is 328 g/mol. The molecule has 1 aromatic heterocycles. The van der Waals surface area contributed by atoms with Crippen LogP contribution < -0.4 is 4.90 Å². The number of benzene rings is 1. The molecule has 5 nitrogen and oxygen atoms in total. The molecule has 0 radical (unpaired) electrons. The zero-order chi connectivity index (χ0) is 16.9. The molecule has 0 aliphatic carbocycles. The topological polar surface area (TPSA) is 49.3 Å². The molecular formula is C18H21FN4O. The van der Waals surface area contributed by atoms with Crippen LogP contribution in [0.25, 0.3) is 0 Å². The summed E-state index contributed by atoms with van der Waals surface area (Å²) < 4.78 is 14.5. The van der Waals surface area contributed by atoms with Crippen LogP contribution in [-0.4, -0.2) is 47.0 Å². The Balaban J connectivity index is 1.73. The number of aromatic nitrogens is 2. The number of hydrogen-bond donors (Lipinski definition) is 0. The minimum absolute atomic E-state index is 0.0230. The number of halogens is 1. The highest BCUT2D eigenvalue weighted by Gasteiger charge is 2.23. The van der Waals surface area contributed by atoms with Gasteiger partial charge in [0, 0.05) is 31.7 Å². The van der Waals surface area contributed by atoms with Gasteiger partial charge in [-0.2, -0.15) is 0 Å². The molecule has 2 heterocycles. The Morgan fingerprint density at radius 2 is 1.92 bits per heavy atom. The lowest BCUT2D eigenvalue weighted by molar-refractivity contribution is 0.0767. The number of carbonyl (C=O) groups excluding carboxylic acids is 1. The average Bonchev–Trinajstić information content (AvgIpc) is 2.88. The molecule has 24 heavy (non-hydrogen) atoms. The third-order valence-corrected chi connectivity index (χ3v) is 4.28. The van der Waals surface area contributed by atoms with Crippen molar-refractivity contribution in [3.05, 3.63) is 53.7 Å². The van der Waals surface area contributed by atoms with E-state index in [0.717, 1.165) is 6.42 Å². The fourth-order valence-electron chi connectivity index (χ4n) is 2.96. The zero-order valence-corrected chi connectivity index (χ0v) is 13.8. The Labute approximate surface area is 141 Å². The van der Waals surface area contributed by atoms with Crippen molar-refractivity contribution in [2.75, 3.05) is 31.1 Å². The van der Waals surface area contributed by atoms with Crippen molar-refractivity contribution in [1.29, 1.82) is 0 Å². The van der Waals surface area contributed by atoms with E-state index < -0.39 is 0 Å². The van der Waals surface area contributed by atoms with E-state index in [1.165, 1.54) is 6.33 Å². The molecule has 0 unspecified atom stereocenters. The number of amides is 1. The summed E-state index contributed by atoms with van der Waals surface area (Å²) in [6.45, 7) is 4.33. The molecule has 0 N–H and O–H groups in total. The van der Waals surface area contributed by atoms with Gasteiger partial charge in [-0.1, -0.05) is 25.1 Å². The Bertz CT molecular complexity index is 707. The molecule has 0 atom stereocenters. The quantitative estimate of drug-likeness (QED) is 0.869. The Hall–Kier alpha value is -2.50. The first kappa shape index (κ1) is 16.4. The van der Waals surface area contributed by atoms with Crippen LogP contribution in [-0.2, 0) is 6.42 Å². The van der Waals surface area contributed by atoms with E-state index in [1.807, 2.05) is 47.1 Å². The molecule has 6 heteroatoms. The standard InChI is InChI=1S/C18H21FN4O/c1-2-15-16(19)17(21-13-20-15)22-9-6-10-23(12-11-22)18(24)14-7-4-3-5-8-14/h3-5,7-8,13H,2,6,9-12H2,1H3. The normalized spacial score (nSPS) is 15.2. The third-order valence-electron chi connectivity index (χ3n) is 4.28. The van der Waals surface area contributed by atoms with Crippen molar-refractivity contribution in [1.82, 2.24) is 14.9 Å². The molecule has 1 saturated heterocycles. The number of hydrogen-bond acceptors (Lipinski definition) is 4. The molecule has 0 spiro atoms. The van der Waals surface area contributed by atoms with Crippen LogP contribution >= 0.6 is 0 Å². The maximum absolute atomic E-state index is 14.5. The molecule has 1 fully saturated rings. The lowest BCUT2D eigenvalue weighted by atomic mass is 10.2. The predicted molar refractivity (Wildman–Crippen MR) is 90.5 cm³/mol. The fraction of sp³-hybridized carbons (Fsp3) is 0.389. The second-order valence-corrected chi connectivity index (χ2v) is 5.81. The number of rotatable bonds is 3. The van der Waals surface area contributed by atoms with Crippen LogP contribution in [0.15, 0.2) is 36.7 Å². The highest BCUT2D eigenvalue weighted by atomic mass is 19.1. The molecule has 1 aliphatic rings. The van der Waals surface area contributed by atoms with Gasteiger partial charge in [-0.25, -0.2) is 14.4 Å². The molecule has 3 rings (SSSR count). The van der Waals surface area contributed by atoms with Gasteiger partial charge < -0.3 is 9.80 Å². The Morgan fingerprint density at radius 3 is 2.67 bits per heavy atom. The summed E-state index contributed by atoms with van der Waals surface area (Å²) in [5.74, 6) is 0.0218. The van der Waals surface area contributed by atoms with Gasteiger partial charge in [-0.15, -0.1) is 0 Å². The van der Waals surface area contributed by atoms with E-state index in [0.29, 0.717) is 49.7 Å². The van der Waals surface area contributed by atoms with Crippen molar-refractivity contribution in [2.24, 2.45) is 0 Å². The summed E-state index contributed by atoms with van der Waals surface area (Å²) in [7, 11) is 0. The van der Waals surface area contributed by atoms with Gasteiger partial charge in [-0.3, -0.25) is 4.79 Å². The maximum Gasteiger partial charge on any atom is 0.253 e. The first-order chi connectivity index (χ1) is 11.7. The number of carbonyl (C=O) groups is 1. The first-order valence-electron chi connectivity index (χ1n) is 8.29. The van der Waals surface area contributed by atoms with Crippen LogP contribution in [0.1, 0.15) is 29.4 Å². The fourth-order valence-corrected chi connectivity index (χ4v) is 2.96. The minimum atomic E-state index is -0.345. The molecule has 0 saturated carbocycles. The van der Waals surface area contributed by atoms with Crippen molar-refractivity contribution in [2.45, 2.75) is 19.8 Å². The maximum atomic E-state index is 14.5. The molecule has 1 amide bonds. The van der Waals surface area contributed by atoms with Gasteiger partial charge in [0.05, 0.1) is 5.69 Å².